The van der Waals surface area contributed by atoms with E-state index < -0.39 is 0 Å². The van der Waals surface area contributed by atoms with Crippen LogP contribution >= 0.6 is 11.6 Å². The molecule has 0 aromatic heterocycles. The lowest BCUT2D eigenvalue weighted by atomic mass is 9.85. The molecule has 1 aliphatic rings. The number of amides is 1. The maximum Gasteiger partial charge on any atom is 0.223 e. The van der Waals surface area contributed by atoms with Crippen LogP contribution in [0.2, 0.25) is 5.02 Å². The van der Waals surface area contributed by atoms with Gasteiger partial charge in [-0.25, -0.2) is 0 Å². The molecule has 1 heterocycles. The predicted octanol–water partition coefficient (Wildman–Crippen LogP) is 3.71. The minimum atomic E-state index is 0.237. The van der Waals surface area contributed by atoms with Gasteiger partial charge in [0.1, 0.15) is 0 Å². The number of nitrogens with zero attached hydrogens (tertiary/aromatic N) is 1. The van der Waals surface area contributed by atoms with E-state index in [4.69, 9.17) is 11.6 Å². The summed E-state index contributed by atoms with van der Waals surface area (Å²) >= 11 is 6.21. The molecule has 122 valence electrons. The first-order valence-corrected chi connectivity index (χ1v) is 8.71. The first-order valence-electron chi connectivity index (χ1n) is 8.33. The van der Waals surface area contributed by atoms with Crippen LogP contribution in [0.4, 0.5) is 0 Å². The van der Waals surface area contributed by atoms with E-state index in [1.165, 1.54) is 12.8 Å². The minimum Gasteiger partial charge on any atom is -0.339 e. The highest BCUT2D eigenvalue weighted by Gasteiger charge is 2.24. The van der Waals surface area contributed by atoms with Crippen molar-refractivity contribution in [3.05, 3.63) is 34.9 Å². The van der Waals surface area contributed by atoms with Crippen molar-refractivity contribution in [1.29, 1.82) is 0 Å². The number of benzene rings is 1. The molecule has 2 rings (SSSR count). The number of piperidine rings is 1. The molecule has 2 unspecified atom stereocenters. The Morgan fingerprint density at radius 1 is 1.45 bits per heavy atom. The van der Waals surface area contributed by atoms with Gasteiger partial charge < -0.3 is 10.2 Å². The molecule has 0 saturated carbocycles. The van der Waals surface area contributed by atoms with Crippen LogP contribution in [-0.2, 0) is 11.3 Å². The lowest BCUT2D eigenvalue weighted by Gasteiger charge is -2.30. The van der Waals surface area contributed by atoms with Crippen molar-refractivity contribution in [2.24, 2.45) is 11.8 Å². The van der Waals surface area contributed by atoms with Gasteiger partial charge in [0.05, 0.1) is 0 Å². The van der Waals surface area contributed by atoms with Crippen molar-refractivity contribution in [3.63, 3.8) is 0 Å². The van der Waals surface area contributed by atoms with E-state index in [-0.39, 0.29) is 5.91 Å². The third-order valence-electron chi connectivity index (χ3n) is 4.69. The zero-order valence-corrected chi connectivity index (χ0v) is 14.4. The summed E-state index contributed by atoms with van der Waals surface area (Å²) < 4.78 is 0. The van der Waals surface area contributed by atoms with Gasteiger partial charge in [0.2, 0.25) is 5.91 Å². The third-order valence-corrected chi connectivity index (χ3v) is 5.06. The fraction of sp³-hybridized carbons (Fsp3) is 0.611. The normalized spacial score (nSPS) is 19.7. The smallest absolute Gasteiger partial charge is 0.223 e. The molecule has 0 bridgehead atoms. The number of carbonyl (C=O) groups excluding carboxylic acids is 1. The van der Waals surface area contributed by atoms with E-state index in [1.54, 1.807) is 0 Å². The standard InChI is InChI=1S/C18H27ClN2O/c1-3-21(13-16-7-4-5-9-17(16)19)18(22)11-14(2)15-8-6-10-20-12-15/h4-5,7,9,14-15,20H,3,6,8,10-13H2,1-2H3. The number of nitrogens with one attached hydrogen (secondary N) is 1. The largest absolute Gasteiger partial charge is 0.339 e. The summed E-state index contributed by atoms with van der Waals surface area (Å²) in [7, 11) is 0. The van der Waals surface area contributed by atoms with E-state index in [9.17, 15) is 4.79 Å². The van der Waals surface area contributed by atoms with Crippen LogP contribution < -0.4 is 5.32 Å². The maximum absolute atomic E-state index is 12.6. The van der Waals surface area contributed by atoms with Crippen molar-refractivity contribution in [2.45, 2.75) is 39.7 Å². The topological polar surface area (TPSA) is 32.3 Å². The molecule has 1 aliphatic heterocycles. The van der Waals surface area contributed by atoms with Crippen LogP contribution in [0.5, 0.6) is 0 Å². The van der Waals surface area contributed by atoms with Gasteiger partial charge in [0.15, 0.2) is 0 Å². The molecule has 0 aliphatic carbocycles. The van der Waals surface area contributed by atoms with Crippen LogP contribution in [-0.4, -0.2) is 30.4 Å². The molecular weight excluding hydrogens is 296 g/mol. The van der Waals surface area contributed by atoms with Crippen LogP contribution in [0, 0.1) is 11.8 Å². The van der Waals surface area contributed by atoms with Crippen molar-refractivity contribution >= 4 is 17.5 Å². The Hall–Kier alpha value is -1.06. The molecule has 2 atom stereocenters. The highest BCUT2D eigenvalue weighted by Crippen LogP contribution is 2.24. The second-order valence-electron chi connectivity index (χ2n) is 6.29. The SMILES string of the molecule is CCN(Cc1ccccc1Cl)C(=O)CC(C)C1CCCNC1. The molecule has 1 saturated heterocycles. The Morgan fingerprint density at radius 2 is 2.23 bits per heavy atom. The van der Waals surface area contributed by atoms with Gasteiger partial charge in [-0.15, -0.1) is 0 Å². The zero-order chi connectivity index (χ0) is 15.9. The first kappa shape index (κ1) is 17.3. The van der Waals surface area contributed by atoms with Crippen molar-refractivity contribution < 1.29 is 4.79 Å². The summed E-state index contributed by atoms with van der Waals surface area (Å²) in [5, 5.41) is 4.17. The molecular formula is C18H27ClN2O. The van der Waals surface area contributed by atoms with Gasteiger partial charge in [-0.3, -0.25) is 4.79 Å². The van der Waals surface area contributed by atoms with E-state index in [2.05, 4.69) is 12.2 Å². The second-order valence-corrected chi connectivity index (χ2v) is 6.69. The van der Waals surface area contributed by atoms with Gasteiger partial charge in [-0.2, -0.15) is 0 Å². The van der Waals surface area contributed by atoms with Gasteiger partial charge >= 0.3 is 0 Å². The third kappa shape index (κ3) is 4.72. The Bertz CT molecular complexity index is 486. The highest BCUT2D eigenvalue weighted by atomic mass is 35.5. The summed E-state index contributed by atoms with van der Waals surface area (Å²) in [4.78, 5) is 14.5. The average Bonchev–Trinajstić information content (AvgIpc) is 2.54. The maximum atomic E-state index is 12.6. The van der Waals surface area contributed by atoms with Crippen molar-refractivity contribution in [1.82, 2.24) is 10.2 Å². The lowest BCUT2D eigenvalue weighted by molar-refractivity contribution is -0.133. The molecule has 1 amide bonds. The number of halogens is 1. The summed E-state index contributed by atoms with van der Waals surface area (Å²) in [6.45, 7) is 7.72. The molecule has 4 heteroatoms. The number of hydrogen-bond donors (Lipinski definition) is 1. The van der Waals surface area contributed by atoms with E-state index in [1.807, 2.05) is 36.1 Å². The second kappa shape index (κ2) is 8.54. The molecule has 3 nitrogen and oxygen atoms in total. The minimum absolute atomic E-state index is 0.237. The number of hydrogen-bond acceptors (Lipinski definition) is 2. The van der Waals surface area contributed by atoms with E-state index in [0.29, 0.717) is 24.8 Å². The summed E-state index contributed by atoms with van der Waals surface area (Å²) in [6, 6.07) is 7.76. The Morgan fingerprint density at radius 3 is 2.86 bits per heavy atom. The molecule has 1 N–H and O–H groups in total. The molecule has 1 aromatic carbocycles. The van der Waals surface area contributed by atoms with Gasteiger partial charge in [-0.1, -0.05) is 36.7 Å². The molecule has 0 radical (unpaired) electrons. The fourth-order valence-electron chi connectivity index (χ4n) is 3.14. The molecule has 1 fully saturated rings. The summed E-state index contributed by atoms with van der Waals surface area (Å²) in [5.41, 5.74) is 1.02. The molecule has 0 spiro atoms. The number of rotatable bonds is 6. The van der Waals surface area contributed by atoms with E-state index in [0.717, 1.165) is 30.2 Å². The average molecular weight is 323 g/mol. The Labute approximate surface area is 139 Å². The predicted molar refractivity (Wildman–Crippen MR) is 91.9 cm³/mol. The van der Waals surface area contributed by atoms with Crippen molar-refractivity contribution in [2.75, 3.05) is 19.6 Å². The van der Waals surface area contributed by atoms with Gasteiger partial charge in [0, 0.05) is 24.5 Å². The first-order chi connectivity index (χ1) is 10.6. The fourth-order valence-corrected chi connectivity index (χ4v) is 3.34. The summed E-state index contributed by atoms with van der Waals surface area (Å²) in [5.74, 6) is 1.29. The highest BCUT2D eigenvalue weighted by molar-refractivity contribution is 6.31. The molecule has 22 heavy (non-hydrogen) atoms. The van der Waals surface area contributed by atoms with E-state index >= 15 is 0 Å². The quantitative estimate of drug-likeness (QED) is 0.865. The van der Waals surface area contributed by atoms with Crippen LogP contribution in [0.3, 0.4) is 0 Å². The zero-order valence-electron chi connectivity index (χ0n) is 13.6. The lowest BCUT2D eigenvalue weighted by Crippen LogP contribution is -2.37. The van der Waals surface area contributed by atoms with Crippen LogP contribution in [0.25, 0.3) is 0 Å². The van der Waals surface area contributed by atoms with Crippen LogP contribution in [0.1, 0.15) is 38.7 Å². The van der Waals surface area contributed by atoms with Crippen LogP contribution in [0.15, 0.2) is 24.3 Å². The van der Waals surface area contributed by atoms with Gasteiger partial charge in [0.25, 0.3) is 0 Å². The number of carbonyl (C=O) groups is 1. The Balaban J connectivity index is 1.92. The molecule has 1 aromatic rings. The Kier molecular flexibility index (Phi) is 6.71. The van der Waals surface area contributed by atoms with Gasteiger partial charge in [-0.05, 0) is 56.3 Å². The van der Waals surface area contributed by atoms with Crippen molar-refractivity contribution in [3.8, 4) is 0 Å². The monoisotopic (exact) mass is 322 g/mol. The summed E-state index contributed by atoms with van der Waals surface area (Å²) in [6.07, 6.45) is 3.09.